The average molecular weight is 252 g/mol. The van der Waals surface area contributed by atoms with Crippen LogP contribution < -0.4 is 11.2 Å². The number of likely N-dealkylation sites (tertiary alicyclic amines) is 1. The van der Waals surface area contributed by atoms with Gasteiger partial charge in [0.05, 0.1) is 12.6 Å². The van der Waals surface area contributed by atoms with Crippen molar-refractivity contribution in [3.8, 4) is 5.75 Å². The summed E-state index contributed by atoms with van der Waals surface area (Å²) in [5, 5.41) is 9.66. The van der Waals surface area contributed by atoms with Crippen LogP contribution in [0.4, 0.5) is 0 Å². The third-order valence-corrected chi connectivity index (χ3v) is 3.15. The molecule has 0 saturated carbocycles. The Hall–Kier alpha value is -1.82. The van der Waals surface area contributed by atoms with Crippen molar-refractivity contribution in [2.24, 2.45) is 5.73 Å². The van der Waals surface area contributed by atoms with Crippen molar-refractivity contribution < 1.29 is 14.3 Å². The van der Waals surface area contributed by atoms with Gasteiger partial charge in [0.25, 0.3) is 0 Å². The molecule has 2 rings (SSSR count). The Balaban J connectivity index is 2.24. The van der Waals surface area contributed by atoms with E-state index >= 15 is 0 Å². The number of nitrogens with zero attached hydrogens (tertiary/aromatic N) is 1. The summed E-state index contributed by atoms with van der Waals surface area (Å²) in [6.07, 6.45) is 1.57. The number of nitrogens with two attached hydrogens (primary N) is 1. The quantitative estimate of drug-likeness (QED) is 0.795. The van der Waals surface area contributed by atoms with Crippen LogP contribution in [0, 0.1) is 6.92 Å². The molecule has 0 radical (unpaired) electrons. The second-order valence-electron chi connectivity index (χ2n) is 4.52. The first-order valence-electron chi connectivity index (χ1n) is 5.85. The molecule has 0 aliphatic carbocycles. The van der Waals surface area contributed by atoms with Gasteiger partial charge >= 0.3 is 0 Å². The summed E-state index contributed by atoms with van der Waals surface area (Å²) in [5.74, 6) is -0.159. The van der Waals surface area contributed by atoms with Gasteiger partial charge < -0.3 is 15.3 Å². The Morgan fingerprint density at radius 2 is 2.39 bits per heavy atom. The lowest BCUT2D eigenvalue weighted by molar-refractivity contribution is -0.122. The molecule has 1 aromatic rings. The molecule has 0 aromatic carbocycles. The first-order valence-corrected chi connectivity index (χ1v) is 5.85. The molecule has 2 heterocycles. The molecular weight excluding hydrogens is 236 g/mol. The standard InChI is InChI=1S/C12H16N2O4/c1-7-5-9(15)11(16)10(18-7)6-14-4-2-3-8(14)12(13)17/h5,8,16H,2-4,6H2,1H3,(H2,13,17). The van der Waals surface area contributed by atoms with E-state index in [-0.39, 0.29) is 24.3 Å². The maximum atomic E-state index is 11.4. The minimum Gasteiger partial charge on any atom is -0.502 e. The highest BCUT2D eigenvalue weighted by molar-refractivity contribution is 5.80. The minimum absolute atomic E-state index is 0.188. The second-order valence-corrected chi connectivity index (χ2v) is 4.52. The molecular formula is C12H16N2O4. The summed E-state index contributed by atoms with van der Waals surface area (Å²) in [6, 6.07) is 0.879. The van der Waals surface area contributed by atoms with Crippen molar-refractivity contribution >= 4 is 5.91 Å². The van der Waals surface area contributed by atoms with Crippen LogP contribution in [0.25, 0.3) is 0 Å². The largest absolute Gasteiger partial charge is 0.502 e. The average Bonchev–Trinajstić information content (AvgIpc) is 2.73. The lowest BCUT2D eigenvalue weighted by Crippen LogP contribution is -2.39. The van der Waals surface area contributed by atoms with E-state index in [1.165, 1.54) is 6.07 Å². The Morgan fingerprint density at radius 3 is 3.06 bits per heavy atom. The van der Waals surface area contributed by atoms with Crippen molar-refractivity contribution in [3.63, 3.8) is 0 Å². The zero-order valence-electron chi connectivity index (χ0n) is 10.2. The fraction of sp³-hybridized carbons (Fsp3) is 0.500. The molecule has 1 aromatic heterocycles. The summed E-state index contributed by atoms with van der Waals surface area (Å²) in [7, 11) is 0. The van der Waals surface area contributed by atoms with Gasteiger partial charge in [0.2, 0.25) is 17.1 Å². The number of hydrogen-bond donors (Lipinski definition) is 2. The summed E-state index contributed by atoms with van der Waals surface area (Å²) >= 11 is 0. The molecule has 1 aliphatic rings. The predicted molar refractivity (Wildman–Crippen MR) is 64.0 cm³/mol. The highest BCUT2D eigenvalue weighted by Gasteiger charge is 2.30. The van der Waals surface area contributed by atoms with Gasteiger partial charge in [-0.3, -0.25) is 14.5 Å². The van der Waals surface area contributed by atoms with Gasteiger partial charge in [0.15, 0.2) is 5.76 Å². The summed E-state index contributed by atoms with van der Waals surface area (Å²) in [4.78, 5) is 24.5. The molecule has 1 unspecified atom stereocenters. The number of rotatable bonds is 3. The summed E-state index contributed by atoms with van der Waals surface area (Å²) in [6.45, 7) is 2.56. The van der Waals surface area contributed by atoms with E-state index in [1.54, 1.807) is 6.92 Å². The number of amides is 1. The lowest BCUT2D eigenvalue weighted by Gasteiger charge is -2.21. The first kappa shape index (κ1) is 12.6. The molecule has 98 valence electrons. The van der Waals surface area contributed by atoms with E-state index in [1.807, 2.05) is 4.90 Å². The molecule has 6 nitrogen and oxygen atoms in total. The van der Waals surface area contributed by atoms with E-state index in [9.17, 15) is 14.7 Å². The van der Waals surface area contributed by atoms with E-state index in [2.05, 4.69) is 0 Å². The molecule has 3 N–H and O–H groups in total. The molecule has 18 heavy (non-hydrogen) atoms. The molecule has 0 spiro atoms. The fourth-order valence-electron chi connectivity index (χ4n) is 2.29. The number of primary amides is 1. The number of aryl methyl sites for hydroxylation is 1. The Labute approximate surface area is 104 Å². The van der Waals surface area contributed by atoms with Gasteiger partial charge in [-0.05, 0) is 26.3 Å². The number of carbonyl (C=O) groups is 1. The smallest absolute Gasteiger partial charge is 0.234 e. The van der Waals surface area contributed by atoms with Crippen LogP contribution in [-0.4, -0.2) is 28.5 Å². The first-order chi connectivity index (χ1) is 8.49. The van der Waals surface area contributed by atoms with Gasteiger partial charge in [-0.25, -0.2) is 0 Å². The predicted octanol–water partition coefficient (Wildman–Crippen LogP) is 0.104. The third-order valence-electron chi connectivity index (χ3n) is 3.15. The van der Waals surface area contributed by atoms with E-state index in [0.29, 0.717) is 18.7 Å². The Morgan fingerprint density at radius 1 is 1.67 bits per heavy atom. The van der Waals surface area contributed by atoms with Crippen LogP contribution in [0.2, 0.25) is 0 Å². The van der Waals surface area contributed by atoms with Crippen molar-refractivity contribution in [2.75, 3.05) is 6.54 Å². The van der Waals surface area contributed by atoms with Gasteiger partial charge in [0.1, 0.15) is 5.76 Å². The van der Waals surface area contributed by atoms with Crippen molar-refractivity contribution in [1.82, 2.24) is 4.90 Å². The van der Waals surface area contributed by atoms with Crippen LogP contribution in [0.3, 0.4) is 0 Å². The molecule has 1 saturated heterocycles. The van der Waals surface area contributed by atoms with Crippen LogP contribution in [0.15, 0.2) is 15.3 Å². The van der Waals surface area contributed by atoms with Crippen LogP contribution >= 0.6 is 0 Å². The van der Waals surface area contributed by atoms with Gasteiger partial charge in [-0.1, -0.05) is 0 Å². The van der Waals surface area contributed by atoms with E-state index in [4.69, 9.17) is 10.2 Å². The highest BCUT2D eigenvalue weighted by atomic mass is 16.4. The van der Waals surface area contributed by atoms with E-state index in [0.717, 1.165) is 6.42 Å². The van der Waals surface area contributed by atoms with E-state index < -0.39 is 11.2 Å². The maximum absolute atomic E-state index is 11.4. The monoisotopic (exact) mass is 252 g/mol. The Bertz CT molecular complexity index is 523. The third kappa shape index (κ3) is 2.38. The van der Waals surface area contributed by atoms with Gasteiger partial charge in [-0.15, -0.1) is 0 Å². The van der Waals surface area contributed by atoms with Crippen molar-refractivity contribution in [2.45, 2.75) is 32.4 Å². The zero-order valence-corrected chi connectivity index (χ0v) is 10.2. The molecule has 1 amide bonds. The summed E-state index contributed by atoms with van der Waals surface area (Å²) < 4.78 is 5.34. The topological polar surface area (TPSA) is 96.8 Å². The number of aromatic hydroxyl groups is 1. The molecule has 1 atom stereocenters. The normalized spacial score (nSPS) is 20.2. The van der Waals surface area contributed by atoms with Crippen molar-refractivity contribution in [1.29, 1.82) is 0 Å². The molecule has 0 bridgehead atoms. The molecule has 1 fully saturated rings. The molecule has 1 aliphatic heterocycles. The Kier molecular flexibility index (Phi) is 3.38. The van der Waals surface area contributed by atoms with Gasteiger partial charge in [-0.2, -0.15) is 0 Å². The number of hydrogen-bond acceptors (Lipinski definition) is 5. The SMILES string of the molecule is Cc1cc(=O)c(O)c(CN2CCCC2C(N)=O)o1. The highest BCUT2D eigenvalue weighted by Crippen LogP contribution is 2.23. The van der Waals surface area contributed by atoms with Gasteiger partial charge in [0, 0.05) is 6.07 Å². The molecule has 6 heteroatoms. The number of carbonyl (C=O) groups excluding carboxylic acids is 1. The fourth-order valence-corrected chi connectivity index (χ4v) is 2.29. The second kappa shape index (κ2) is 4.81. The zero-order chi connectivity index (χ0) is 13.3. The summed E-state index contributed by atoms with van der Waals surface area (Å²) in [5.41, 5.74) is 4.84. The van der Waals surface area contributed by atoms with Crippen molar-refractivity contribution in [3.05, 3.63) is 27.8 Å². The lowest BCUT2D eigenvalue weighted by atomic mass is 10.2. The van der Waals surface area contributed by atoms with Crippen LogP contribution in [0.1, 0.15) is 24.4 Å². The minimum atomic E-state index is -0.469. The maximum Gasteiger partial charge on any atom is 0.234 e. The van der Waals surface area contributed by atoms with Crippen LogP contribution in [0.5, 0.6) is 5.75 Å². The van der Waals surface area contributed by atoms with Crippen LogP contribution in [-0.2, 0) is 11.3 Å².